The molecule has 0 atom stereocenters. The second-order valence-electron chi connectivity index (χ2n) is 3.38. The molecule has 2 rings (SSSR count). The molecule has 0 unspecified atom stereocenters. The minimum Gasteiger partial charge on any atom is -0.326 e. The highest BCUT2D eigenvalue weighted by Gasteiger charge is 2.01. The van der Waals surface area contributed by atoms with Crippen LogP contribution in [0.15, 0.2) is 36.4 Å². The summed E-state index contributed by atoms with van der Waals surface area (Å²) in [7, 11) is 0. The fourth-order valence-electron chi connectivity index (χ4n) is 1.71. The van der Waals surface area contributed by atoms with Crippen molar-refractivity contribution in [3.8, 4) is 0 Å². The van der Waals surface area contributed by atoms with Crippen molar-refractivity contribution in [1.29, 1.82) is 0 Å². The topological polar surface area (TPSA) is 52.0 Å². The van der Waals surface area contributed by atoms with Crippen LogP contribution in [0.2, 0.25) is 0 Å². The molecule has 0 saturated heterocycles. The summed E-state index contributed by atoms with van der Waals surface area (Å²) >= 11 is 0. The Labute approximate surface area is 83.5 Å². The molecule has 0 aromatic heterocycles. The van der Waals surface area contributed by atoms with Gasteiger partial charge in [-0.3, -0.25) is 0 Å². The first-order chi connectivity index (χ1) is 6.85. The molecule has 0 amide bonds. The Morgan fingerprint density at radius 3 is 1.57 bits per heavy atom. The molecule has 2 nitrogen and oxygen atoms in total. The Morgan fingerprint density at radius 1 is 0.786 bits per heavy atom. The average molecular weight is 186 g/mol. The fourth-order valence-corrected chi connectivity index (χ4v) is 1.71. The summed E-state index contributed by atoms with van der Waals surface area (Å²) in [5, 5.41) is 2.45. The van der Waals surface area contributed by atoms with Crippen molar-refractivity contribution in [1.82, 2.24) is 0 Å². The van der Waals surface area contributed by atoms with Gasteiger partial charge in [-0.05, 0) is 34.0 Å². The van der Waals surface area contributed by atoms with Crippen molar-refractivity contribution in [3.63, 3.8) is 0 Å². The van der Waals surface area contributed by atoms with E-state index in [1.165, 1.54) is 10.8 Å². The Morgan fingerprint density at radius 2 is 1.21 bits per heavy atom. The zero-order chi connectivity index (χ0) is 9.97. The molecule has 0 aliphatic rings. The van der Waals surface area contributed by atoms with Crippen molar-refractivity contribution in [2.75, 3.05) is 0 Å². The van der Waals surface area contributed by atoms with Crippen LogP contribution in [0.25, 0.3) is 10.8 Å². The van der Waals surface area contributed by atoms with Gasteiger partial charge in [-0.15, -0.1) is 0 Å². The number of nitrogens with two attached hydrogens (primary N) is 2. The maximum absolute atomic E-state index is 5.66. The first-order valence-corrected chi connectivity index (χ1v) is 4.76. The first kappa shape index (κ1) is 9.19. The molecule has 0 bridgehead atoms. The van der Waals surface area contributed by atoms with Gasteiger partial charge >= 0.3 is 0 Å². The van der Waals surface area contributed by atoms with Crippen LogP contribution in [0, 0.1) is 0 Å². The van der Waals surface area contributed by atoms with Gasteiger partial charge in [-0.25, -0.2) is 0 Å². The van der Waals surface area contributed by atoms with Crippen LogP contribution < -0.4 is 11.5 Å². The van der Waals surface area contributed by atoms with Crippen LogP contribution in [0.1, 0.15) is 11.1 Å². The molecular weight excluding hydrogens is 172 g/mol. The summed E-state index contributed by atoms with van der Waals surface area (Å²) in [6.07, 6.45) is 0. The van der Waals surface area contributed by atoms with Crippen LogP contribution in [0.3, 0.4) is 0 Å². The van der Waals surface area contributed by atoms with Gasteiger partial charge in [0.25, 0.3) is 0 Å². The second kappa shape index (κ2) is 3.78. The predicted octanol–water partition coefficient (Wildman–Crippen LogP) is 1.76. The van der Waals surface area contributed by atoms with Gasteiger partial charge in [0.1, 0.15) is 0 Å². The lowest BCUT2D eigenvalue weighted by molar-refractivity contribution is 0.985. The highest BCUT2D eigenvalue weighted by atomic mass is 14.6. The molecule has 0 aliphatic carbocycles. The normalized spacial score (nSPS) is 10.7. The molecule has 2 aromatic rings. The lowest BCUT2D eigenvalue weighted by Crippen LogP contribution is -2.05. The summed E-state index contributed by atoms with van der Waals surface area (Å²) in [6.45, 7) is 1.11. The van der Waals surface area contributed by atoms with E-state index >= 15 is 0 Å². The molecule has 0 aliphatic heterocycles. The van der Waals surface area contributed by atoms with E-state index in [9.17, 15) is 0 Å². The van der Waals surface area contributed by atoms with E-state index in [0.29, 0.717) is 13.1 Å². The van der Waals surface area contributed by atoms with E-state index < -0.39 is 0 Å². The molecule has 0 heterocycles. The van der Waals surface area contributed by atoms with Crippen LogP contribution in [0.4, 0.5) is 0 Å². The third kappa shape index (κ3) is 1.50. The number of fused-ring (bicyclic) bond motifs is 1. The lowest BCUT2D eigenvalue weighted by Gasteiger charge is -2.07. The minimum absolute atomic E-state index is 0.553. The van der Waals surface area contributed by atoms with E-state index in [4.69, 9.17) is 11.5 Å². The zero-order valence-corrected chi connectivity index (χ0v) is 8.03. The third-order valence-electron chi connectivity index (χ3n) is 2.51. The van der Waals surface area contributed by atoms with E-state index in [1.54, 1.807) is 0 Å². The predicted molar refractivity (Wildman–Crippen MR) is 59.7 cm³/mol. The Balaban J connectivity index is 2.69. The molecule has 0 fully saturated rings. The van der Waals surface area contributed by atoms with Gasteiger partial charge in [0.2, 0.25) is 0 Å². The standard InChI is InChI=1S/C12H14N2/c13-7-11-5-9-3-1-2-4-10(9)6-12(11)8-14/h1-6H,7-8,13-14H2. The van der Waals surface area contributed by atoms with E-state index in [0.717, 1.165) is 11.1 Å². The Bertz CT molecular complexity index is 407. The molecular formula is C12H14N2. The number of hydrogen-bond donors (Lipinski definition) is 2. The summed E-state index contributed by atoms with van der Waals surface area (Å²) in [6, 6.07) is 12.5. The summed E-state index contributed by atoms with van der Waals surface area (Å²) < 4.78 is 0. The highest BCUT2D eigenvalue weighted by Crippen LogP contribution is 2.19. The first-order valence-electron chi connectivity index (χ1n) is 4.76. The Kier molecular flexibility index (Phi) is 2.48. The summed E-state index contributed by atoms with van der Waals surface area (Å²) in [5.41, 5.74) is 13.6. The van der Waals surface area contributed by atoms with E-state index in [-0.39, 0.29) is 0 Å². The zero-order valence-electron chi connectivity index (χ0n) is 8.03. The van der Waals surface area contributed by atoms with Gasteiger partial charge in [0.15, 0.2) is 0 Å². The van der Waals surface area contributed by atoms with E-state index in [2.05, 4.69) is 24.3 Å². The van der Waals surface area contributed by atoms with Gasteiger partial charge in [-0.2, -0.15) is 0 Å². The number of benzene rings is 2. The van der Waals surface area contributed by atoms with Crippen LogP contribution >= 0.6 is 0 Å². The smallest absolute Gasteiger partial charge is 0.0181 e. The summed E-state index contributed by atoms with van der Waals surface area (Å²) in [5.74, 6) is 0. The molecule has 0 radical (unpaired) electrons. The van der Waals surface area contributed by atoms with Crippen LogP contribution in [-0.4, -0.2) is 0 Å². The Hall–Kier alpha value is -1.38. The van der Waals surface area contributed by atoms with Gasteiger partial charge in [-0.1, -0.05) is 24.3 Å². The average Bonchev–Trinajstić information content (AvgIpc) is 2.27. The van der Waals surface area contributed by atoms with Gasteiger partial charge in [0, 0.05) is 13.1 Å². The van der Waals surface area contributed by atoms with Crippen LogP contribution in [-0.2, 0) is 13.1 Å². The highest BCUT2D eigenvalue weighted by molar-refractivity contribution is 5.84. The molecule has 2 aromatic carbocycles. The molecule has 72 valence electrons. The third-order valence-corrected chi connectivity index (χ3v) is 2.51. The molecule has 2 heteroatoms. The van der Waals surface area contributed by atoms with Crippen molar-refractivity contribution in [2.45, 2.75) is 13.1 Å². The number of hydrogen-bond acceptors (Lipinski definition) is 2. The maximum Gasteiger partial charge on any atom is 0.0181 e. The van der Waals surface area contributed by atoms with E-state index in [1.807, 2.05) is 12.1 Å². The number of rotatable bonds is 2. The molecule has 14 heavy (non-hydrogen) atoms. The monoisotopic (exact) mass is 186 g/mol. The molecule has 4 N–H and O–H groups in total. The van der Waals surface area contributed by atoms with Crippen LogP contribution in [0.5, 0.6) is 0 Å². The van der Waals surface area contributed by atoms with Crippen molar-refractivity contribution in [2.24, 2.45) is 11.5 Å². The second-order valence-corrected chi connectivity index (χ2v) is 3.38. The minimum atomic E-state index is 0.553. The van der Waals surface area contributed by atoms with Gasteiger partial charge < -0.3 is 11.5 Å². The van der Waals surface area contributed by atoms with Crippen molar-refractivity contribution >= 4 is 10.8 Å². The molecule has 0 spiro atoms. The maximum atomic E-state index is 5.66. The molecule has 0 saturated carbocycles. The largest absolute Gasteiger partial charge is 0.326 e. The van der Waals surface area contributed by atoms with Gasteiger partial charge in [0.05, 0.1) is 0 Å². The van der Waals surface area contributed by atoms with Crippen molar-refractivity contribution in [3.05, 3.63) is 47.5 Å². The summed E-state index contributed by atoms with van der Waals surface area (Å²) in [4.78, 5) is 0. The fraction of sp³-hybridized carbons (Fsp3) is 0.167. The van der Waals surface area contributed by atoms with Crippen molar-refractivity contribution < 1.29 is 0 Å². The quantitative estimate of drug-likeness (QED) is 0.750. The SMILES string of the molecule is NCc1cc2ccccc2cc1CN. The lowest BCUT2D eigenvalue weighted by atomic mass is 10.0.